The summed E-state index contributed by atoms with van der Waals surface area (Å²) >= 11 is 0. The van der Waals surface area contributed by atoms with Crippen LogP contribution >= 0.6 is 0 Å². The van der Waals surface area contributed by atoms with Gasteiger partial charge in [-0.1, -0.05) is 26.0 Å². The highest BCUT2D eigenvalue weighted by Crippen LogP contribution is 2.18. The molecule has 0 saturated heterocycles. The fraction of sp³-hybridized carbons (Fsp3) is 0.429. The Morgan fingerprint density at radius 2 is 2.17 bits per heavy atom. The molecule has 0 saturated carbocycles. The largest absolute Gasteiger partial charge is 0.375 e. The van der Waals surface area contributed by atoms with Crippen LogP contribution in [0, 0.1) is 24.2 Å². The van der Waals surface area contributed by atoms with Crippen molar-refractivity contribution in [1.82, 2.24) is 5.32 Å². The van der Waals surface area contributed by atoms with E-state index < -0.39 is 0 Å². The predicted molar refractivity (Wildman–Crippen MR) is 72.2 cm³/mol. The average molecular weight is 245 g/mol. The van der Waals surface area contributed by atoms with Gasteiger partial charge in [-0.15, -0.1) is 0 Å². The van der Waals surface area contributed by atoms with Gasteiger partial charge in [0.15, 0.2) is 0 Å². The summed E-state index contributed by atoms with van der Waals surface area (Å²) in [7, 11) is 0. The molecule has 0 bridgehead atoms. The number of carbonyl (C=O) groups is 1. The normalized spacial score (nSPS) is 9.94. The molecule has 0 heterocycles. The van der Waals surface area contributed by atoms with E-state index in [0.29, 0.717) is 18.0 Å². The maximum absolute atomic E-state index is 11.6. The van der Waals surface area contributed by atoms with Gasteiger partial charge < -0.3 is 10.6 Å². The van der Waals surface area contributed by atoms with Gasteiger partial charge in [-0.25, -0.2) is 0 Å². The Morgan fingerprint density at radius 1 is 1.44 bits per heavy atom. The summed E-state index contributed by atoms with van der Waals surface area (Å²) in [5.74, 6) is 0.373. The molecule has 0 aliphatic heterocycles. The van der Waals surface area contributed by atoms with Crippen LogP contribution in [-0.2, 0) is 4.79 Å². The van der Waals surface area contributed by atoms with Gasteiger partial charge in [-0.2, -0.15) is 5.26 Å². The molecule has 96 valence electrons. The zero-order valence-electron chi connectivity index (χ0n) is 11.1. The molecule has 1 aromatic rings. The third-order valence-electron chi connectivity index (χ3n) is 2.53. The number of hydrogen-bond acceptors (Lipinski definition) is 3. The Kier molecular flexibility index (Phi) is 5.19. The lowest BCUT2D eigenvalue weighted by molar-refractivity contribution is -0.119. The number of nitrogens with zero attached hydrogens (tertiary/aromatic N) is 1. The summed E-state index contributed by atoms with van der Waals surface area (Å²) in [6, 6.07) is 7.60. The minimum absolute atomic E-state index is 0.0594. The fourth-order valence-electron chi connectivity index (χ4n) is 1.54. The van der Waals surface area contributed by atoms with Crippen molar-refractivity contribution in [3.05, 3.63) is 29.3 Å². The van der Waals surface area contributed by atoms with Gasteiger partial charge >= 0.3 is 0 Å². The van der Waals surface area contributed by atoms with Crippen LogP contribution in [0.2, 0.25) is 0 Å². The molecular weight excluding hydrogens is 226 g/mol. The van der Waals surface area contributed by atoms with E-state index in [2.05, 4.69) is 16.7 Å². The number of nitrogens with one attached hydrogen (secondary N) is 2. The van der Waals surface area contributed by atoms with Gasteiger partial charge in [0, 0.05) is 6.54 Å². The Bertz CT molecular complexity index is 461. The van der Waals surface area contributed by atoms with E-state index in [-0.39, 0.29) is 12.5 Å². The zero-order valence-corrected chi connectivity index (χ0v) is 11.1. The standard InChI is InChI=1S/C14H19N3O/c1-10(2)8-16-13(18)9-17-14-11(3)5-4-6-12(14)7-15/h4-6,10,17H,8-9H2,1-3H3,(H,16,18). The summed E-state index contributed by atoms with van der Waals surface area (Å²) in [4.78, 5) is 11.6. The number of nitriles is 1. The Morgan fingerprint density at radius 3 is 2.78 bits per heavy atom. The molecule has 0 aliphatic carbocycles. The molecule has 0 aromatic heterocycles. The molecule has 0 fully saturated rings. The second-order valence-corrected chi connectivity index (χ2v) is 4.66. The molecule has 0 atom stereocenters. The van der Waals surface area contributed by atoms with Gasteiger partial charge in [0.05, 0.1) is 17.8 Å². The smallest absolute Gasteiger partial charge is 0.239 e. The first-order valence-electron chi connectivity index (χ1n) is 6.05. The van der Waals surface area contributed by atoms with Crippen molar-refractivity contribution in [1.29, 1.82) is 5.26 Å². The van der Waals surface area contributed by atoms with Crippen molar-refractivity contribution < 1.29 is 4.79 Å². The summed E-state index contributed by atoms with van der Waals surface area (Å²) in [6.45, 7) is 6.85. The highest BCUT2D eigenvalue weighted by atomic mass is 16.1. The van der Waals surface area contributed by atoms with Gasteiger partial charge in [-0.3, -0.25) is 4.79 Å². The number of amides is 1. The van der Waals surface area contributed by atoms with Gasteiger partial charge in [0.2, 0.25) is 5.91 Å². The topological polar surface area (TPSA) is 64.9 Å². The van der Waals surface area contributed by atoms with Crippen LogP contribution in [0.1, 0.15) is 25.0 Å². The minimum Gasteiger partial charge on any atom is -0.375 e. The first kappa shape index (κ1) is 14.0. The lowest BCUT2D eigenvalue weighted by Crippen LogP contribution is -2.32. The van der Waals surface area contributed by atoms with E-state index in [1.807, 2.05) is 32.9 Å². The van der Waals surface area contributed by atoms with Crippen LogP contribution in [0.3, 0.4) is 0 Å². The van der Waals surface area contributed by atoms with Crippen molar-refractivity contribution in [3.63, 3.8) is 0 Å². The number of carbonyl (C=O) groups excluding carboxylic acids is 1. The molecule has 4 heteroatoms. The van der Waals surface area contributed by atoms with Crippen LogP contribution in [0.15, 0.2) is 18.2 Å². The molecule has 0 unspecified atom stereocenters. The van der Waals surface area contributed by atoms with E-state index >= 15 is 0 Å². The van der Waals surface area contributed by atoms with Crippen LogP contribution < -0.4 is 10.6 Å². The molecule has 1 rings (SSSR count). The average Bonchev–Trinajstić information content (AvgIpc) is 2.34. The Balaban J connectivity index is 2.59. The molecule has 1 aromatic carbocycles. The van der Waals surface area contributed by atoms with Gasteiger partial charge in [0.1, 0.15) is 6.07 Å². The van der Waals surface area contributed by atoms with Gasteiger partial charge in [-0.05, 0) is 24.5 Å². The van der Waals surface area contributed by atoms with Crippen LogP contribution in [0.25, 0.3) is 0 Å². The van der Waals surface area contributed by atoms with E-state index in [1.165, 1.54) is 0 Å². The molecular formula is C14H19N3O. The zero-order chi connectivity index (χ0) is 13.5. The Hall–Kier alpha value is -2.02. The van der Waals surface area contributed by atoms with Crippen LogP contribution in [0.5, 0.6) is 0 Å². The summed E-state index contributed by atoms with van der Waals surface area (Å²) in [5, 5.41) is 14.8. The highest BCUT2D eigenvalue weighted by molar-refractivity contribution is 5.81. The fourth-order valence-corrected chi connectivity index (χ4v) is 1.54. The van der Waals surface area contributed by atoms with E-state index in [9.17, 15) is 4.79 Å². The second-order valence-electron chi connectivity index (χ2n) is 4.66. The number of benzene rings is 1. The maximum atomic E-state index is 11.6. The number of hydrogen-bond donors (Lipinski definition) is 2. The molecule has 4 nitrogen and oxygen atoms in total. The molecule has 2 N–H and O–H groups in total. The lowest BCUT2D eigenvalue weighted by atomic mass is 10.1. The summed E-state index contributed by atoms with van der Waals surface area (Å²) in [6.07, 6.45) is 0. The third kappa shape index (κ3) is 4.10. The first-order valence-corrected chi connectivity index (χ1v) is 6.05. The first-order chi connectivity index (χ1) is 8.54. The maximum Gasteiger partial charge on any atom is 0.239 e. The summed E-state index contributed by atoms with van der Waals surface area (Å²) < 4.78 is 0. The van der Waals surface area contributed by atoms with Crippen molar-refractivity contribution >= 4 is 11.6 Å². The van der Waals surface area contributed by atoms with Crippen molar-refractivity contribution in [2.75, 3.05) is 18.4 Å². The lowest BCUT2D eigenvalue weighted by Gasteiger charge is -2.12. The molecule has 1 amide bonds. The Labute approximate surface area is 108 Å². The molecule has 0 spiro atoms. The predicted octanol–water partition coefficient (Wildman–Crippen LogP) is 2.05. The number of aryl methyl sites for hydroxylation is 1. The molecule has 0 aliphatic rings. The van der Waals surface area contributed by atoms with Crippen molar-refractivity contribution in [3.8, 4) is 6.07 Å². The van der Waals surface area contributed by atoms with E-state index in [0.717, 1.165) is 11.3 Å². The van der Waals surface area contributed by atoms with E-state index in [1.54, 1.807) is 6.07 Å². The number of para-hydroxylation sites is 1. The van der Waals surface area contributed by atoms with Crippen LogP contribution in [-0.4, -0.2) is 19.0 Å². The monoisotopic (exact) mass is 245 g/mol. The second kappa shape index (κ2) is 6.65. The van der Waals surface area contributed by atoms with Crippen molar-refractivity contribution in [2.45, 2.75) is 20.8 Å². The molecule has 0 radical (unpaired) electrons. The SMILES string of the molecule is Cc1cccc(C#N)c1NCC(=O)NCC(C)C. The van der Waals surface area contributed by atoms with E-state index in [4.69, 9.17) is 5.26 Å². The molecule has 18 heavy (non-hydrogen) atoms. The van der Waals surface area contributed by atoms with Gasteiger partial charge in [0.25, 0.3) is 0 Å². The van der Waals surface area contributed by atoms with Crippen LogP contribution in [0.4, 0.5) is 5.69 Å². The number of rotatable bonds is 5. The quantitative estimate of drug-likeness (QED) is 0.834. The highest BCUT2D eigenvalue weighted by Gasteiger charge is 2.07. The summed E-state index contributed by atoms with van der Waals surface area (Å²) in [5.41, 5.74) is 2.26. The third-order valence-corrected chi connectivity index (χ3v) is 2.53. The minimum atomic E-state index is -0.0594. The van der Waals surface area contributed by atoms with Crippen molar-refractivity contribution in [2.24, 2.45) is 5.92 Å². The number of anilines is 1.